The molecule has 2 aromatic carbocycles. The molecule has 0 amide bonds. The summed E-state index contributed by atoms with van der Waals surface area (Å²) in [6.07, 6.45) is 1.66. The van der Waals surface area contributed by atoms with Crippen LogP contribution < -0.4 is 33.8 Å². The Morgan fingerprint density at radius 2 is 1.88 bits per heavy atom. The number of carbonyl (C=O) groups excluding carboxylic acids is 1. The molecular formula is C28H26BrN3O7S. The second kappa shape index (κ2) is 12.4. The molecule has 1 aromatic heterocycles. The van der Waals surface area contributed by atoms with E-state index in [1.54, 1.807) is 50.3 Å². The summed E-state index contributed by atoms with van der Waals surface area (Å²) < 4.78 is 29.8. The minimum atomic E-state index is -0.869. The summed E-state index contributed by atoms with van der Waals surface area (Å²) in [7, 11) is 4.52. The average Bonchev–Trinajstić information content (AvgIpc) is 3.25. The largest absolute Gasteiger partial charge is 0.493 e. The van der Waals surface area contributed by atoms with Crippen molar-refractivity contribution in [2.45, 2.75) is 19.9 Å². The van der Waals surface area contributed by atoms with Crippen LogP contribution >= 0.6 is 27.3 Å². The van der Waals surface area contributed by atoms with Crippen molar-refractivity contribution in [2.24, 2.45) is 4.99 Å². The number of benzene rings is 2. The molecule has 10 nitrogen and oxygen atoms in total. The smallest absolute Gasteiger partial charge is 0.338 e. The van der Waals surface area contributed by atoms with Crippen LogP contribution in [0.15, 0.2) is 55.9 Å². The molecule has 1 atom stereocenters. The van der Waals surface area contributed by atoms with Gasteiger partial charge in [0.05, 0.1) is 49.8 Å². The van der Waals surface area contributed by atoms with Crippen LogP contribution in [0.5, 0.6) is 23.0 Å². The number of carbonyl (C=O) groups is 1. The highest BCUT2D eigenvalue weighted by Gasteiger charge is 2.35. The van der Waals surface area contributed by atoms with Crippen LogP contribution in [0.25, 0.3) is 6.08 Å². The number of nitrogens with zero attached hydrogens (tertiary/aromatic N) is 3. The number of halogens is 1. The van der Waals surface area contributed by atoms with Gasteiger partial charge in [-0.3, -0.25) is 9.36 Å². The summed E-state index contributed by atoms with van der Waals surface area (Å²) in [4.78, 5) is 32.3. The molecule has 0 spiro atoms. The van der Waals surface area contributed by atoms with Crippen molar-refractivity contribution < 1.29 is 28.5 Å². The average molecular weight is 629 g/mol. The van der Waals surface area contributed by atoms with E-state index in [4.69, 9.17) is 28.9 Å². The standard InChI is InChI=1S/C28H26BrN3O7S/c1-6-38-27(34)23-15(2)31-28-32(24(23)17-13-20(36-4)21(37-5)14-18(17)29)26(33)22(40-28)12-16-8-7-9-19(35-3)25(16)39-11-10-30/h7-9,12-14,24H,6,11H2,1-5H3/b22-12-/t24-/m0/s1. The Labute approximate surface area is 242 Å². The number of hydrogen-bond acceptors (Lipinski definition) is 10. The van der Waals surface area contributed by atoms with Gasteiger partial charge < -0.3 is 23.7 Å². The zero-order valence-electron chi connectivity index (χ0n) is 22.4. The molecule has 0 saturated heterocycles. The van der Waals surface area contributed by atoms with Gasteiger partial charge in [0.25, 0.3) is 5.56 Å². The number of nitriles is 1. The molecule has 208 valence electrons. The lowest BCUT2D eigenvalue weighted by molar-refractivity contribution is -0.139. The molecule has 0 fully saturated rings. The molecule has 0 aliphatic carbocycles. The Kier molecular flexibility index (Phi) is 8.96. The normalized spacial score (nSPS) is 14.6. The van der Waals surface area contributed by atoms with Crippen molar-refractivity contribution in [1.29, 1.82) is 5.26 Å². The molecule has 3 aromatic rings. The molecule has 0 radical (unpaired) electrons. The summed E-state index contributed by atoms with van der Waals surface area (Å²) >= 11 is 4.76. The molecule has 0 saturated carbocycles. The Bertz CT molecular complexity index is 1720. The van der Waals surface area contributed by atoms with E-state index >= 15 is 0 Å². The molecule has 4 rings (SSSR count). The topological polar surface area (TPSA) is 121 Å². The lowest BCUT2D eigenvalue weighted by Gasteiger charge is -2.26. The van der Waals surface area contributed by atoms with Crippen molar-refractivity contribution in [3.8, 4) is 29.1 Å². The molecule has 40 heavy (non-hydrogen) atoms. The van der Waals surface area contributed by atoms with Crippen LogP contribution in [0.2, 0.25) is 0 Å². The second-order valence-electron chi connectivity index (χ2n) is 8.36. The fourth-order valence-electron chi connectivity index (χ4n) is 4.37. The van der Waals surface area contributed by atoms with Crippen molar-refractivity contribution in [3.05, 3.63) is 76.9 Å². The number of rotatable bonds is 9. The molecular weight excluding hydrogens is 602 g/mol. The van der Waals surface area contributed by atoms with Crippen LogP contribution in [0, 0.1) is 11.3 Å². The van der Waals surface area contributed by atoms with Gasteiger partial charge in [0.2, 0.25) is 0 Å². The van der Waals surface area contributed by atoms with Gasteiger partial charge in [0, 0.05) is 10.0 Å². The Hall–Kier alpha value is -4.08. The number of hydrogen-bond donors (Lipinski definition) is 0. The molecule has 0 bridgehead atoms. The first kappa shape index (κ1) is 28.9. The number of thiazole rings is 1. The summed E-state index contributed by atoms with van der Waals surface area (Å²) in [5.41, 5.74) is 1.41. The zero-order valence-corrected chi connectivity index (χ0v) is 24.8. The number of methoxy groups -OCH3 is 3. The third kappa shape index (κ3) is 5.35. The van der Waals surface area contributed by atoms with E-state index < -0.39 is 12.0 Å². The number of esters is 1. The zero-order chi connectivity index (χ0) is 29.0. The highest BCUT2D eigenvalue weighted by Crippen LogP contribution is 2.41. The van der Waals surface area contributed by atoms with Crippen LogP contribution in [0.4, 0.5) is 0 Å². The highest BCUT2D eigenvalue weighted by molar-refractivity contribution is 9.10. The number of para-hydroxylation sites is 1. The van der Waals surface area contributed by atoms with Crippen molar-refractivity contribution in [2.75, 3.05) is 34.5 Å². The van der Waals surface area contributed by atoms with E-state index in [0.717, 1.165) is 11.3 Å². The van der Waals surface area contributed by atoms with E-state index in [1.807, 2.05) is 6.07 Å². The number of aromatic nitrogens is 1. The van der Waals surface area contributed by atoms with Gasteiger partial charge in [-0.1, -0.05) is 39.4 Å². The van der Waals surface area contributed by atoms with Crippen LogP contribution in [0.3, 0.4) is 0 Å². The highest BCUT2D eigenvalue weighted by atomic mass is 79.9. The van der Waals surface area contributed by atoms with Gasteiger partial charge in [0.1, 0.15) is 6.07 Å². The van der Waals surface area contributed by atoms with Gasteiger partial charge in [-0.05, 0) is 43.7 Å². The second-order valence-corrected chi connectivity index (χ2v) is 10.2. The van der Waals surface area contributed by atoms with Gasteiger partial charge in [-0.25, -0.2) is 9.79 Å². The van der Waals surface area contributed by atoms with E-state index in [-0.39, 0.29) is 24.3 Å². The molecule has 1 aliphatic rings. The van der Waals surface area contributed by atoms with E-state index in [1.165, 1.54) is 25.9 Å². The molecule has 0 N–H and O–H groups in total. The van der Waals surface area contributed by atoms with Crippen molar-refractivity contribution in [1.82, 2.24) is 4.57 Å². The summed E-state index contributed by atoms with van der Waals surface area (Å²) in [5, 5.41) is 9.04. The van der Waals surface area contributed by atoms with E-state index in [0.29, 0.717) is 53.6 Å². The van der Waals surface area contributed by atoms with E-state index in [2.05, 4.69) is 20.9 Å². The maximum absolute atomic E-state index is 14.0. The summed E-state index contributed by atoms with van der Waals surface area (Å²) in [6.45, 7) is 3.38. The fraction of sp³-hybridized carbons (Fsp3) is 0.286. The lowest BCUT2D eigenvalue weighted by atomic mass is 9.95. The Balaban J connectivity index is 2.01. The molecule has 12 heteroatoms. The van der Waals surface area contributed by atoms with Crippen molar-refractivity contribution in [3.63, 3.8) is 0 Å². The maximum atomic E-state index is 14.0. The maximum Gasteiger partial charge on any atom is 0.338 e. The first-order chi connectivity index (χ1) is 19.3. The molecule has 1 aliphatic heterocycles. The third-order valence-corrected chi connectivity index (χ3v) is 7.78. The number of fused-ring (bicyclic) bond motifs is 1. The van der Waals surface area contributed by atoms with Gasteiger partial charge >= 0.3 is 5.97 Å². The van der Waals surface area contributed by atoms with Crippen LogP contribution in [0.1, 0.15) is 31.0 Å². The molecule has 2 heterocycles. The summed E-state index contributed by atoms with van der Waals surface area (Å²) in [6, 6.07) is 9.73. The van der Waals surface area contributed by atoms with E-state index in [9.17, 15) is 9.59 Å². The van der Waals surface area contributed by atoms with Gasteiger partial charge in [-0.2, -0.15) is 5.26 Å². The Morgan fingerprint density at radius 3 is 2.52 bits per heavy atom. The lowest BCUT2D eigenvalue weighted by Crippen LogP contribution is -2.40. The quantitative estimate of drug-likeness (QED) is 0.331. The van der Waals surface area contributed by atoms with Crippen LogP contribution in [-0.2, 0) is 9.53 Å². The number of allylic oxidation sites excluding steroid dienone is 1. The first-order valence-corrected chi connectivity index (χ1v) is 13.7. The monoisotopic (exact) mass is 627 g/mol. The minimum absolute atomic E-state index is 0.154. The SMILES string of the molecule is CCOC(=O)C1=C(C)N=c2s/c(=C\c3cccc(OC)c3OCC#N)c(=O)n2[C@H]1c1cc(OC)c(OC)cc1Br. The fourth-order valence-corrected chi connectivity index (χ4v) is 5.95. The van der Waals surface area contributed by atoms with Gasteiger partial charge in [-0.15, -0.1) is 0 Å². The molecule has 0 unspecified atom stereocenters. The predicted octanol–water partition coefficient (Wildman–Crippen LogP) is 3.49. The van der Waals surface area contributed by atoms with Crippen molar-refractivity contribution >= 4 is 39.3 Å². The minimum Gasteiger partial charge on any atom is -0.493 e. The van der Waals surface area contributed by atoms with Crippen LogP contribution in [-0.4, -0.2) is 45.1 Å². The third-order valence-electron chi connectivity index (χ3n) is 6.11. The predicted molar refractivity (Wildman–Crippen MR) is 152 cm³/mol. The Morgan fingerprint density at radius 1 is 1.18 bits per heavy atom. The first-order valence-electron chi connectivity index (χ1n) is 12.1. The summed E-state index contributed by atoms with van der Waals surface area (Å²) in [5.74, 6) is 1.08. The van der Waals surface area contributed by atoms with Gasteiger partial charge in [0.15, 0.2) is 34.4 Å². The number of ether oxygens (including phenoxy) is 5.